The molecule has 4 aliphatic rings. The van der Waals surface area contributed by atoms with Crippen molar-refractivity contribution in [2.75, 3.05) is 13.2 Å². The van der Waals surface area contributed by atoms with E-state index in [4.69, 9.17) is 24.1 Å². The van der Waals surface area contributed by atoms with Gasteiger partial charge in [-0.25, -0.2) is 4.79 Å². The molecule has 7 heteroatoms. The van der Waals surface area contributed by atoms with E-state index in [0.29, 0.717) is 12.3 Å². The van der Waals surface area contributed by atoms with Crippen molar-refractivity contribution in [3.05, 3.63) is 24.3 Å². The lowest BCUT2D eigenvalue weighted by Crippen LogP contribution is -2.38. The molecule has 2 aliphatic carbocycles. The molecule has 0 bridgehead atoms. The Morgan fingerprint density at radius 1 is 1.00 bits per heavy atom. The van der Waals surface area contributed by atoms with Gasteiger partial charge in [0.2, 0.25) is 0 Å². The first-order chi connectivity index (χ1) is 19.0. The molecule has 7 atom stereocenters. The number of carbonyl (C=O) groups is 1. The van der Waals surface area contributed by atoms with Crippen LogP contribution in [-0.2, 0) is 23.7 Å². The average molecular weight is 549 g/mol. The third-order valence-corrected chi connectivity index (χ3v) is 9.18. The molecule has 0 aromatic heterocycles. The molecule has 0 aromatic carbocycles. The van der Waals surface area contributed by atoms with E-state index in [2.05, 4.69) is 19.1 Å². The van der Waals surface area contributed by atoms with Gasteiger partial charge >= 0.3 is 5.97 Å². The smallest absolute Gasteiger partial charge is 0.327 e. The predicted molar refractivity (Wildman–Crippen MR) is 150 cm³/mol. The quantitative estimate of drug-likeness (QED) is 0.139. The molecular formula is C32H52O7. The fourth-order valence-corrected chi connectivity index (χ4v) is 6.98. The van der Waals surface area contributed by atoms with E-state index >= 15 is 0 Å². The summed E-state index contributed by atoms with van der Waals surface area (Å²) in [5.41, 5.74) is 0. The molecule has 7 nitrogen and oxygen atoms in total. The van der Waals surface area contributed by atoms with E-state index in [0.717, 1.165) is 83.3 Å². The van der Waals surface area contributed by atoms with Crippen molar-refractivity contribution < 1.29 is 34.0 Å². The highest BCUT2D eigenvalue weighted by Crippen LogP contribution is 2.43. The van der Waals surface area contributed by atoms with Crippen LogP contribution in [0.5, 0.6) is 0 Å². The molecule has 0 amide bonds. The number of hydrogen-bond donors (Lipinski definition) is 2. The second-order valence-electron chi connectivity index (χ2n) is 12.2. The monoisotopic (exact) mass is 548 g/mol. The minimum Gasteiger partial charge on any atom is -0.478 e. The standard InChI is InChI=1S/C32H52O7/c1-2-11-23-20-24(21-23)28(38-31-14-7-9-18-36-31)17-16-26-25(12-5-3-4-6-13-30(34)35)27(33)22-29(26)39-32-15-8-10-19-37-32/h6,13,16-17,23-29,31-33H,2-5,7-12,14-15,18-22H2,1H3,(H,34,35)/b13-6+,17-16+/t23?,24?,25-,26-,27+,28-,29-,31?,32?/m1/s1. The number of rotatable bonds is 15. The number of ether oxygens (including phenoxy) is 4. The normalized spacial score (nSPS) is 36.4. The van der Waals surface area contributed by atoms with Crippen LogP contribution in [-0.4, -0.2) is 60.3 Å². The topological polar surface area (TPSA) is 94.5 Å². The van der Waals surface area contributed by atoms with Crippen LogP contribution in [0.25, 0.3) is 0 Å². The lowest BCUT2D eigenvalue weighted by atomic mass is 9.70. The number of hydrogen-bond acceptors (Lipinski definition) is 6. The summed E-state index contributed by atoms with van der Waals surface area (Å²) in [5, 5.41) is 19.9. The van der Waals surface area contributed by atoms with Gasteiger partial charge in [0.1, 0.15) is 0 Å². The maximum atomic E-state index is 11.1. The third kappa shape index (κ3) is 9.67. The zero-order valence-electron chi connectivity index (χ0n) is 24.0. The number of aliphatic hydroxyl groups excluding tert-OH is 1. The Balaban J connectivity index is 1.42. The van der Waals surface area contributed by atoms with Crippen LogP contribution < -0.4 is 0 Å². The zero-order chi connectivity index (χ0) is 27.5. The Hall–Kier alpha value is -1.25. The van der Waals surface area contributed by atoms with Crippen molar-refractivity contribution in [2.45, 2.75) is 134 Å². The Morgan fingerprint density at radius 2 is 1.74 bits per heavy atom. The van der Waals surface area contributed by atoms with E-state index in [1.54, 1.807) is 6.08 Å². The average Bonchev–Trinajstić information content (AvgIpc) is 3.20. The number of carboxylic acids is 1. The van der Waals surface area contributed by atoms with Gasteiger partial charge in [-0.3, -0.25) is 0 Å². The molecule has 0 spiro atoms. The largest absolute Gasteiger partial charge is 0.478 e. The van der Waals surface area contributed by atoms with Crippen LogP contribution in [0.1, 0.15) is 103 Å². The first kappa shape index (κ1) is 30.7. The molecule has 2 saturated heterocycles. The van der Waals surface area contributed by atoms with Crippen LogP contribution in [0.2, 0.25) is 0 Å². The van der Waals surface area contributed by atoms with Crippen molar-refractivity contribution in [3.63, 3.8) is 0 Å². The molecule has 2 unspecified atom stereocenters. The lowest BCUT2D eigenvalue weighted by molar-refractivity contribution is -0.196. The van der Waals surface area contributed by atoms with Gasteiger partial charge in [0.05, 0.1) is 18.3 Å². The van der Waals surface area contributed by atoms with Gasteiger partial charge in [0.15, 0.2) is 12.6 Å². The van der Waals surface area contributed by atoms with E-state index in [1.807, 2.05) is 0 Å². The zero-order valence-corrected chi connectivity index (χ0v) is 24.0. The molecule has 39 heavy (non-hydrogen) atoms. The van der Waals surface area contributed by atoms with Crippen molar-refractivity contribution >= 4 is 5.97 Å². The van der Waals surface area contributed by atoms with Crippen molar-refractivity contribution in [1.29, 1.82) is 0 Å². The molecule has 2 saturated carbocycles. The summed E-state index contributed by atoms with van der Waals surface area (Å²) in [6, 6.07) is 0. The molecular weight excluding hydrogens is 496 g/mol. The summed E-state index contributed by atoms with van der Waals surface area (Å²) in [6.45, 7) is 3.78. The predicted octanol–water partition coefficient (Wildman–Crippen LogP) is 6.39. The van der Waals surface area contributed by atoms with Gasteiger partial charge in [0.25, 0.3) is 0 Å². The minimum atomic E-state index is -0.904. The highest BCUT2D eigenvalue weighted by atomic mass is 16.7. The fourth-order valence-electron chi connectivity index (χ4n) is 6.98. The summed E-state index contributed by atoms with van der Waals surface area (Å²) in [5.74, 6) is 0.640. The Bertz CT molecular complexity index is 764. The Morgan fingerprint density at radius 3 is 2.41 bits per heavy atom. The Kier molecular flexibility index (Phi) is 12.8. The molecule has 4 rings (SSSR count). The summed E-state index contributed by atoms with van der Waals surface area (Å²) >= 11 is 0. The van der Waals surface area contributed by atoms with Crippen molar-refractivity contribution in [3.8, 4) is 0 Å². The summed E-state index contributed by atoms with van der Waals surface area (Å²) in [6.07, 6.45) is 22.1. The summed E-state index contributed by atoms with van der Waals surface area (Å²) in [7, 11) is 0. The molecule has 222 valence electrons. The third-order valence-electron chi connectivity index (χ3n) is 9.18. The van der Waals surface area contributed by atoms with Crippen LogP contribution in [0.3, 0.4) is 0 Å². The fraction of sp³-hybridized carbons (Fsp3) is 0.844. The van der Waals surface area contributed by atoms with Gasteiger partial charge < -0.3 is 29.2 Å². The van der Waals surface area contributed by atoms with Crippen LogP contribution >= 0.6 is 0 Å². The van der Waals surface area contributed by atoms with E-state index in [9.17, 15) is 9.90 Å². The van der Waals surface area contributed by atoms with E-state index < -0.39 is 12.1 Å². The number of carboxylic acid groups (broad SMARTS) is 1. The SMILES string of the molecule is CCCC1CC([C@@H](/C=C/[C@@H]2[C@@H](CCCC/C=C/C(=O)O)[C@@H](O)C[C@H]2OC2CCCCO2)OC2CCCCO2)C1. The highest BCUT2D eigenvalue weighted by Gasteiger charge is 2.43. The molecule has 2 N–H and O–H groups in total. The van der Waals surface area contributed by atoms with Gasteiger partial charge in [-0.15, -0.1) is 0 Å². The molecule has 0 radical (unpaired) electrons. The van der Waals surface area contributed by atoms with Crippen LogP contribution in [0.15, 0.2) is 24.3 Å². The van der Waals surface area contributed by atoms with Gasteiger partial charge in [-0.1, -0.05) is 44.4 Å². The van der Waals surface area contributed by atoms with Crippen LogP contribution in [0.4, 0.5) is 0 Å². The molecule has 0 aromatic rings. The van der Waals surface area contributed by atoms with Crippen LogP contribution in [0, 0.1) is 23.7 Å². The van der Waals surface area contributed by atoms with Crippen molar-refractivity contribution in [2.24, 2.45) is 23.7 Å². The van der Waals surface area contributed by atoms with Gasteiger partial charge in [0, 0.05) is 31.6 Å². The number of unbranched alkanes of at least 4 members (excludes halogenated alkanes) is 2. The van der Waals surface area contributed by atoms with Gasteiger partial charge in [-0.2, -0.15) is 0 Å². The minimum absolute atomic E-state index is 0.0346. The highest BCUT2D eigenvalue weighted by molar-refractivity contribution is 5.79. The molecule has 2 aliphatic heterocycles. The van der Waals surface area contributed by atoms with E-state index in [-0.39, 0.29) is 36.6 Å². The maximum Gasteiger partial charge on any atom is 0.327 e. The number of aliphatic hydroxyl groups is 1. The summed E-state index contributed by atoms with van der Waals surface area (Å²) < 4.78 is 24.9. The Labute approximate surface area is 235 Å². The molecule has 4 fully saturated rings. The number of allylic oxidation sites excluding steroid dienone is 1. The first-order valence-electron chi connectivity index (χ1n) is 15.8. The lowest BCUT2D eigenvalue weighted by Gasteiger charge is -2.41. The molecule has 2 heterocycles. The second-order valence-corrected chi connectivity index (χ2v) is 12.2. The van der Waals surface area contributed by atoms with Crippen molar-refractivity contribution in [1.82, 2.24) is 0 Å². The first-order valence-corrected chi connectivity index (χ1v) is 15.8. The second kappa shape index (κ2) is 16.3. The van der Waals surface area contributed by atoms with E-state index in [1.165, 1.54) is 31.8 Å². The summed E-state index contributed by atoms with van der Waals surface area (Å²) in [4.78, 5) is 10.7. The number of aliphatic carboxylic acids is 1. The maximum absolute atomic E-state index is 11.1. The van der Waals surface area contributed by atoms with Gasteiger partial charge in [-0.05, 0) is 88.4 Å².